The third-order valence-corrected chi connectivity index (χ3v) is 4.50. The Balaban J connectivity index is 2.26. The Hall–Kier alpha value is -0.240. The first kappa shape index (κ1) is 13.2. The Labute approximate surface area is 114 Å². The third-order valence-electron chi connectivity index (χ3n) is 3.76. The number of nitrogens with one attached hydrogen (secondary N) is 1. The average molecular weight is 272 g/mol. The van der Waals surface area contributed by atoms with Crippen molar-refractivity contribution in [2.75, 3.05) is 13.1 Å². The lowest BCUT2D eigenvalue weighted by atomic mass is 9.75. The summed E-state index contributed by atoms with van der Waals surface area (Å²) in [7, 11) is 0. The molecule has 0 radical (unpaired) electrons. The molecule has 3 heteroatoms. The van der Waals surface area contributed by atoms with Crippen LogP contribution in [0.4, 0.5) is 0 Å². The number of benzene rings is 1. The van der Waals surface area contributed by atoms with Crippen molar-refractivity contribution in [2.24, 2.45) is 11.8 Å². The van der Waals surface area contributed by atoms with Gasteiger partial charge in [-0.25, -0.2) is 0 Å². The topological polar surface area (TPSA) is 12.0 Å². The van der Waals surface area contributed by atoms with Crippen molar-refractivity contribution in [3.8, 4) is 0 Å². The summed E-state index contributed by atoms with van der Waals surface area (Å²) >= 11 is 12.1. The summed E-state index contributed by atoms with van der Waals surface area (Å²) in [6, 6.07) is 6.08. The number of halogens is 2. The van der Waals surface area contributed by atoms with Crippen LogP contribution in [0, 0.1) is 11.8 Å². The van der Waals surface area contributed by atoms with E-state index in [1.807, 2.05) is 12.1 Å². The molecule has 1 aromatic rings. The van der Waals surface area contributed by atoms with Crippen LogP contribution in [0.25, 0.3) is 0 Å². The fourth-order valence-corrected chi connectivity index (χ4v) is 3.05. The molecule has 17 heavy (non-hydrogen) atoms. The van der Waals surface area contributed by atoms with Gasteiger partial charge in [-0.15, -0.1) is 0 Å². The maximum atomic E-state index is 6.11. The zero-order valence-electron chi connectivity index (χ0n) is 10.3. The predicted molar refractivity (Wildman–Crippen MR) is 75.0 cm³/mol. The van der Waals surface area contributed by atoms with E-state index in [0.717, 1.165) is 13.1 Å². The van der Waals surface area contributed by atoms with E-state index in [2.05, 4.69) is 25.2 Å². The lowest BCUT2D eigenvalue weighted by molar-refractivity contribution is 0.255. The fourth-order valence-electron chi connectivity index (χ4n) is 2.74. The molecule has 1 heterocycles. The summed E-state index contributed by atoms with van der Waals surface area (Å²) in [5, 5.41) is 4.80. The molecule has 0 aromatic heterocycles. The van der Waals surface area contributed by atoms with E-state index in [4.69, 9.17) is 23.2 Å². The maximum absolute atomic E-state index is 6.11. The van der Waals surface area contributed by atoms with Crippen LogP contribution in [0.3, 0.4) is 0 Å². The summed E-state index contributed by atoms with van der Waals surface area (Å²) in [5.74, 6) is 1.97. The van der Waals surface area contributed by atoms with Crippen molar-refractivity contribution in [1.29, 1.82) is 0 Å². The Morgan fingerprint density at radius 3 is 2.65 bits per heavy atom. The van der Waals surface area contributed by atoms with Crippen molar-refractivity contribution in [3.63, 3.8) is 0 Å². The second kappa shape index (κ2) is 5.60. The molecule has 2 unspecified atom stereocenters. The molecule has 0 aliphatic carbocycles. The molecule has 2 rings (SSSR count). The summed E-state index contributed by atoms with van der Waals surface area (Å²) in [6.07, 6.45) is 1.18. The molecule has 0 amide bonds. The second-order valence-electron chi connectivity index (χ2n) is 5.18. The van der Waals surface area contributed by atoms with Crippen LogP contribution in [0.1, 0.15) is 31.7 Å². The minimum absolute atomic E-state index is 0.603. The van der Waals surface area contributed by atoms with Gasteiger partial charge in [-0.05, 0) is 55.0 Å². The highest BCUT2D eigenvalue weighted by Crippen LogP contribution is 2.37. The highest BCUT2D eigenvalue weighted by molar-refractivity contribution is 6.42. The van der Waals surface area contributed by atoms with E-state index >= 15 is 0 Å². The SMILES string of the molecule is CC(C)C1CNCCC1c1ccc(Cl)c(Cl)c1. The van der Waals surface area contributed by atoms with Gasteiger partial charge < -0.3 is 5.32 Å². The summed E-state index contributed by atoms with van der Waals surface area (Å²) in [4.78, 5) is 0. The first-order valence-corrected chi connectivity index (χ1v) is 7.01. The van der Waals surface area contributed by atoms with Crippen LogP contribution < -0.4 is 5.32 Å². The van der Waals surface area contributed by atoms with Crippen molar-refractivity contribution in [1.82, 2.24) is 5.32 Å². The molecule has 1 aromatic carbocycles. The lowest BCUT2D eigenvalue weighted by Gasteiger charge is -2.35. The van der Waals surface area contributed by atoms with Crippen LogP contribution >= 0.6 is 23.2 Å². The highest BCUT2D eigenvalue weighted by Gasteiger charge is 2.28. The second-order valence-corrected chi connectivity index (χ2v) is 6.00. The molecule has 0 spiro atoms. The third kappa shape index (κ3) is 2.96. The Morgan fingerprint density at radius 2 is 2.00 bits per heavy atom. The van der Waals surface area contributed by atoms with Gasteiger partial charge in [0.05, 0.1) is 10.0 Å². The van der Waals surface area contributed by atoms with Crippen LogP contribution in [-0.2, 0) is 0 Å². The number of rotatable bonds is 2. The zero-order chi connectivity index (χ0) is 12.4. The molecule has 1 aliphatic rings. The first-order chi connectivity index (χ1) is 8.09. The van der Waals surface area contributed by atoms with E-state index in [9.17, 15) is 0 Å². The Morgan fingerprint density at radius 1 is 1.24 bits per heavy atom. The van der Waals surface area contributed by atoms with Crippen LogP contribution in [0.2, 0.25) is 10.0 Å². The van der Waals surface area contributed by atoms with Crippen LogP contribution in [0.15, 0.2) is 18.2 Å². The molecular weight excluding hydrogens is 253 g/mol. The van der Waals surface area contributed by atoms with Gasteiger partial charge in [0.15, 0.2) is 0 Å². The minimum atomic E-state index is 0.603. The van der Waals surface area contributed by atoms with Crippen molar-refractivity contribution >= 4 is 23.2 Å². The molecular formula is C14H19Cl2N. The zero-order valence-corrected chi connectivity index (χ0v) is 11.9. The minimum Gasteiger partial charge on any atom is -0.316 e. The molecule has 1 saturated heterocycles. The van der Waals surface area contributed by atoms with Gasteiger partial charge >= 0.3 is 0 Å². The van der Waals surface area contributed by atoms with Crippen molar-refractivity contribution < 1.29 is 0 Å². The summed E-state index contributed by atoms with van der Waals surface area (Å²) in [6.45, 7) is 6.78. The van der Waals surface area contributed by atoms with E-state index in [1.165, 1.54) is 12.0 Å². The molecule has 0 saturated carbocycles. The van der Waals surface area contributed by atoms with Crippen LogP contribution in [0.5, 0.6) is 0 Å². The standard InChI is InChI=1S/C14H19Cl2N/c1-9(2)12-8-17-6-5-11(12)10-3-4-13(15)14(16)7-10/h3-4,7,9,11-12,17H,5-6,8H2,1-2H3. The average Bonchev–Trinajstić information content (AvgIpc) is 2.32. The monoisotopic (exact) mass is 271 g/mol. The first-order valence-electron chi connectivity index (χ1n) is 6.25. The quantitative estimate of drug-likeness (QED) is 0.844. The number of piperidine rings is 1. The van der Waals surface area contributed by atoms with Crippen LogP contribution in [-0.4, -0.2) is 13.1 Å². The fraction of sp³-hybridized carbons (Fsp3) is 0.571. The summed E-state index contributed by atoms with van der Waals surface area (Å²) < 4.78 is 0. The van der Waals surface area contributed by atoms with Crippen molar-refractivity contribution in [3.05, 3.63) is 33.8 Å². The van der Waals surface area contributed by atoms with Crippen molar-refractivity contribution in [2.45, 2.75) is 26.2 Å². The van der Waals surface area contributed by atoms with Gasteiger partial charge in [0.25, 0.3) is 0 Å². The molecule has 1 nitrogen and oxygen atoms in total. The predicted octanol–water partition coefficient (Wildman–Crippen LogP) is 4.34. The van der Waals surface area contributed by atoms with Gasteiger partial charge in [0, 0.05) is 0 Å². The summed E-state index contributed by atoms with van der Waals surface area (Å²) in [5.41, 5.74) is 1.33. The molecule has 0 bridgehead atoms. The number of hydrogen-bond donors (Lipinski definition) is 1. The van der Waals surface area contributed by atoms with E-state index in [-0.39, 0.29) is 0 Å². The van der Waals surface area contributed by atoms with Gasteiger partial charge in [0.2, 0.25) is 0 Å². The van der Waals surface area contributed by atoms with E-state index in [0.29, 0.717) is 27.8 Å². The van der Waals surface area contributed by atoms with Gasteiger partial charge in [-0.1, -0.05) is 43.1 Å². The maximum Gasteiger partial charge on any atom is 0.0595 e. The normalized spacial score (nSPS) is 25.2. The molecule has 1 fully saturated rings. The highest BCUT2D eigenvalue weighted by atomic mass is 35.5. The molecule has 94 valence electrons. The Kier molecular flexibility index (Phi) is 4.35. The largest absolute Gasteiger partial charge is 0.316 e. The van der Waals surface area contributed by atoms with Gasteiger partial charge in [0.1, 0.15) is 0 Å². The Bertz CT molecular complexity index is 390. The smallest absolute Gasteiger partial charge is 0.0595 e. The molecule has 2 atom stereocenters. The lowest BCUT2D eigenvalue weighted by Crippen LogP contribution is -2.38. The van der Waals surface area contributed by atoms with E-state index in [1.54, 1.807) is 0 Å². The molecule has 1 aliphatic heterocycles. The number of hydrogen-bond acceptors (Lipinski definition) is 1. The van der Waals surface area contributed by atoms with Gasteiger partial charge in [-0.3, -0.25) is 0 Å². The van der Waals surface area contributed by atoms with E-state index < -0.39 is 0 Å². The van der Waals surface area contributed by atoms with Gasteiger partial charge in [-0.2, -0.15) is 0 Å². The molecule has 1 N–H and O–H groups in total.